The van der Waals surface area contributed by atoms with Gasteiger partial charge in [0.05, 0.1) is 31.1 Å². The number of carbonyl (C=O) groups is 2. The molecule has 7 nitrogen and oxygen atoms in total. The van der Waals surface area contributed by atoms with E-state index in [1.807, 2.05) is 54.6 Å². The lowest BCUT2D eigenvalue weighted by Crippen LogP contribution is -2.36. The van der Waals surface area contributed by atoms with Crippen LogP contribution in [0.4, 0.5) is 0 Å². The number of nitrogens with zero attached hydrogens (tertiary/aromatic N) is 2. The number of halogens is 1. The van der Waals surface area contributed by atoms with Crippen molar-refractivity contribution in [3.05, 3.63) is 148 Å². The van der Waals surface area contributed by atoms with Crippen molar-refractivity contribution in [2.75, 3.05) is 19.8 Å². The third kappa shape index (κ3) is 8.12. The van der Waals surface area contributed by atoms with E-state index in [2.05, 4.69) is 34.2 Å². The molecule has 230 valence electrons. The highest BCUT2D eigenvalue weighted by Crippen LogP contribution is 2.41. The van der Waals surface area contributed by atoms with Crippen molar-refractivity contribution in [1.29, 1.82) is 0 Å². The Hall–Kier alpha value is -4.59. The van der Waals surface area contributed by atoms with E-state index in [-0.39, 0.29) is 24.7 Å². The van der Waals surface area contributed by atoms with Crippen molar-refractivity contribution in [1.82, 2.24) is 4.98 Å². The van der Waals surface area contributed by atoms with Gasteiger partial charge in [-0.2, -0.15) is 0 Å². The quantitative estimate of drug-likeness (QED) is 0.124. The number of esters is 1. The van der Waals surface area contributed by atoms with Gasteiger partial charge in [0.15, 0.2) is 0 Å². The van der Waals surface area contributed by atoms with Gasteiger partial charge < -0.3 is 14.6 Å². The SMILES string of the molecule is CC1=NC(COCCc2ccccn2)=C(C(=O)OCCC(c2ccccc2)c2ccccc2)C(c2cccc(Cl)c2)C1C(=O)O. The third-order valence-corrected chi connectivity index (χ3v) is 8.16. The number of aromatic nitrogens is 1. The van der Waals surface area contributed by atoms with Crippen LogP contribution in [0.25, 0.3) is 0 Å². The molecule has 2 unspecified atom stereocenters. The number of hydrogen-bond acceptors (Lipinski definition) is 6. The van der Waals surface area contributed by atoms with Crippen LogP contribution in [0.2, 0.25) is 5.02 Å². The summed E-state index contributed by atoms with van der Waals surface area (Å²) in [6, 6.07) is 32.8. The van der Waals surface area contributed by atoms with E-state index in [0.29, 0.717) is 41.4 Å². The average molecular weight is 623 g/mol. The average Bonchev–Trinajstić information content (AvgIpc) is 3.05. The van der Waals surface area contributed by atoms with Crippen LogP contribution in [0.15, 0.2) is 126 Å². The third-order valence-electron chi connectivity index (χ3n) is 7.92. The maximum Gasteiger partial charge on any atom is 0.336 e. The van der Waals surface area contributed by atoms with Crippen LogP contribution >= 0.6 is 11.6 Å². The number of aliphatic imine (C=N–C) groups is 1. The van der Waals surface area contributed by atoms with Crippen molar-refractivity contribution in [2.45, 2.75) is 31.6 Å². The minimum atomic E-state index is -1.09. The van der Waals surface area contributed by atoms with Gasteiger partial charge in [-0.05, 0) is 54.3 Å². The zero-order valence-corrected chi connectivity index (χ0v) is 25.8. The van der Waals surface area contributed by atoms with Crippen LogP contribution in [0.5, 0.6) is 0 Å². The van der Waals surface area contributed by atoms with Gasteiger partial charge in [-0.15, -0.1) is 0 Å². The molecule has 45 heavy (non-hydrogen) atoms. The van der Waals surface area contributed by atoms with Gasteiger partial charge >= 0.3 is 11.9 Å². The molecule has 1 N–H and O–H groups in total. The van der Waals surface area contributed by atoms with Gasteiger partial charge in [-0.3, -0.25) is 14.8 Å². The lowest BCUT2D eigenvalue weighted by Gasteiger charge is -2.31. The number of pyridine rings is 1. The lowest BCUT2D eigenvalue weighted by molar-refractivity contribution is -0.141. The number of hydrogen-bond donors (Lipinski definition) is 1. The summed E-state index contributed by atoms with van der Waals surface area (Å²) in [5.74, 6) is -3.64. The summed E-state index contributed by atoms with van der Waals surface area (Å²) in [7, 11) is 0. The fraction of sp³-hybridized carbons (Fsp3) is 0.243. The van der Waals surface area contributed by atoms with Crippen LogP contribution in [0.1, 0.15) is 47.6 Å². The van der Waals surface area contributed by atoms with Crippen molar-refractivity contribution < 1.29 is 24.2 Å². The molecule has 0 bridgehead atoms. The Bertz CT molecular complexity index is 1620. The fourth-order valence-electron chi connectivity index (χ4n) is 5.80. The topological polar surface area (TPSA) is 98.1 Å². The Balaban J connectivity index is 1.43. The van der Waals surface area contributed by atoms with Crippen LogP contribution in [0, 0.1) is 5.92 Å². The molecule has 8 heteroatoms. The summed E-state index contributed by atoms with van der Waals surface area (Å²) in [5, 5.41) is 10.7. The van der Waals surface area contributed by atoms with E-state index in [1.165, 1.54) is 0 Å². The van der Waals surface area contributed by atoms with Gasteiger partial charge in [0.25, 0.3) is 0 Å². The molecule has 2 heterocycles. The number of carbonyl (C=O) groups excluding carboxylic acids is 1. The minimum absolute atomic E-state index is 0.00527. The summed E-state index contributed by atoms with van der Waals surface area (Å²) in [6.45, 7) is 2.13. The number of aliphatic carboxylic acids is 1. The van der Waals surface area contributed by atoms with Crippen LogP contribution in [0.3, 0.4) is 0 Å². The summed E-state index contributed by atoms with van der Waals surface area (Å²) in [5.41, 5.74) is 4.59. The van der Waals surface area contributed by atoms with E-state index in [1.54, 1.807) is 37.4 Å². The number of benzene rings is 3. The Morgan fingerprint density at radius 1 is 0.889 bits per heavy atom. The monoisotopic (exact) mass is 622 g/mol. The maximum absolute atomic E-state index is 14.0. The predicted octanol–water partition coefficient (Wildman–Crippen LogP) is 7.27. The van der Waals surface area contributed by atoms with Crippen LogP contribution in [-0.4, -0.2) is 47.6 Å². The normalized spacial score (nSPS) is 16.4. The first-order chi connectivity index (χ1) is 21.9. The second-order valence-corrected chi connectivity index (χ2v) is 11.3. The summed E-state index contributed by atoms with van der Waals surface area (Å²) in [4.78, 5) is 35.6. The molecule has 0 saturated carbocycles. The van der Waals surface area contributed by atoms with Crippen LogP contribution < -0.4 is 0 Å². The highest BCUT2D eigenvalue weighted by Gasteiger charge is 2.42. The molecule has 0 spiro atoms. The molecule has 1 aliphatic heterocycles. The van der Waals surface area contributed by atoms with Crippen LogP contribution in [-0.2, 0) is 25.5 Å². The molecule has 0 amide bonds. The number of carboxylic acid groups (broad SMARTS) is 1. The van der Waals surface area contributed by atoms with Gasteiger partial charge in [0, 0.05) is 40.9 Å². The van der Waals surface area contributed by atoms with Crippen molar-refractivity contribution in [3.8, 4) is 0 Å². The first kappa shape index (κ1) is 31.8. The van der Waals surface area contributed by atoms with Gasteiger partial charge in [-0.25, -0.2) is 4.79 Å². The first-order valence-corrected chi connectivity index (χ1v) is 15.3. The highest BCUT2D eigenvalue weighted by molar-refractivity contribution is 6.30. The van der Waals surface area contributed by atoms with Gasteiger partial charge in [-0.1, -0.05) is 90.5 Å². The minimum Gasteiger partial charge on any atom is -0.481 e. The fourth-order valence-corrected chi connectivity index (χ4v) is 6.00. The molecule has 2 atom stereocenters. The summed E-state index contributed by atoms with van der Waals surface area (Å²) < 4.78 is 11.9. The molecule has 4 aromatic rings. The molecule has 0 aliphatic carbocycles. The maximum atomic E-state index is 14.0. The molecule has 0 fully saturated rings. The highest BCUT2D eigenvalue weighted by atomic mass is 35.5. The number of carboxylic acids is 1. The predicted molar refractivity (Wildman–Crippen MR) is 175 cm³/mol. The molecular formula is C37H35ClN2O5. The molecular weight excluding hydrogens is 588 g/mol. The Kier molecular flexibility index (Phi) is 10.9. The molecule has 1 aromatic heterocycles. The molecule has 3 aromatic carbocycles. The summed E-state index contributed by atoms with van der Waals surface area (Å²) in [6.07, 6.45) is 2.84. The summed E-state index contributed by atoms with van der Waals surface area (Å²) >= 11 is 6.35. The zero-order valence-electron chi connectivity index (χ0n) is 25.0. The smallest absolute Gasteiger partial charge is 0.336 e. The second kappa shape index (κ2) is 15.4. The van der Waals surface area contributed by atoms with E-state index < -0.39 is 23.8 Å². The zero-order chi connectivity index (χ0) is 31.6. The number of ether oxygens (including phenoxy) is 2. The Morgan fingerprint density at radius 3 is 2.20 bits per heavy atom. The van der Waals surface area contributed by atoms with E-state index in [9.17, 15) is 14.7 Å². The van der Waals surface area contributed by atoms with Crippen molar-refractivity contribution >= 4 is 29.3 Å². The molecule has 5 rings (SSSR count). The van der Waals surface area contributed by atoms with Gasteiger partial charge in [0.1, 0.15) is 5.92 Å². The van der Waals surface area contributed by atoms with E-state index >= 15 is 0 Å². The molecule has 1 aliphatic rings. The second-order valence-electron chi connectivity index (χ2n) is 10.9. The van der Waals surface area contributed by atoms with Gasteiger partial charge in [0.2, 0.25) is 0 Å². The van der Waals surface area contributed by atoms with E-state index in [4.69, 9.17) is 21.1 Å². The lowest BCUT2D eigenvalue weighted by atomic mass is 9.75. The van der Waals surface area contributed by atoms with Crippen molar-refractivity contribution in [3.63, 3.8) is 0 Å². The Labute approximate surface area is 268 Å². The number of rotatable bonds is 13. The Morgan fingerprint density at radius 2 is 1.58 bits per heavy atom. The molecule has 0 radical (unpaired) electrons. The van der Waals surface area contributed by atoms with E-state index in [0.717, 1.165) is 16.8 Å². The first-order valence-electron chi connectivity index (χ1n) is 14.9. The largest absolute Gasteiger partial charge is 0.481 e. The molecule has 0 saturated heterocycles. The van der Waals surface area contributed by atoms with Crippen molar-refractivity contribution in [2.24, 2.45) is 10.9 Å². The standard InChI is InChI=1S/C37H35ClN2O5/c1-25-33(36(41)42)34(28-15-10-16-29(38)23-28)35(32(40-25)24-44-21-18-30-17-8-9-20-39-30)37(43)45-22-19-31(26-11-4-2-5-12-26)27-13-6-3-7-14-27/h2-17,20,23,31,33-34H,18-19,21-22,24H2,1H3,(H,41,42).